The van der Waals surface area contributed by atoms with Gasteiger partial charge in [-0.1, -0.05) is 30.3 Å². The number of hydrogen-bond acceptors (Lipinski definition) is 3. The molecular formula is C13H19N3. The molecule has 0 fully saturated rings. The molecule has 1 aromatic carbocycles. The van der Waals surface area contributed by atoms with Crippen molar-refractivity contribution in [3.63, 3.8) is 0 Å². The van der Waals surface area contributed by atoms with E-state index in [9.17, 15) is 0 Å². The maximum atomic E-state index is 6.75. The van der Waals surface area contributed by atoms with E-state index in [4.69, 9.17) is 5.41 Å². The smallest absolute Gasteiger partial charge is 0.0861 e. The van der Waals surface area contributed by atoms with Gasteiger partial charge in [-0.25, -0.2) is 10.4 Å². The van der Waals surface area contributed by atoms with Gasteiger partial charge in [-0.15, -0.1) is 0 Å². The van der Waals surface area contributed by atoms with E-state index in [0.717, 1.165) is 12.8 Å². The maximum absolute atomic E-state index is 6.75. The Bertz CT molecular complexity index is 339. The zero-order valence-electron chi connectivity index (χ0n) is 9.98. The number of benzene rings is 1. The second-order valence-electron chi connectivity index (χ2n) is 4.09. The van der Waals surface area contributed by atoms with Crippen LogP contribution in [0.3, 0.4) is 0 Å². The molecule has 1 rings (SSSR count). The number of rotatable bonds is 6. The molecule has 86 valence electrons. The molecule has 0 aromatic heterocycles. The van der Waals surface area contributed by atoms with Gasteiger partial charge in [0.05, 0.1) is 12.6 Å². The Morgan fingerprint density at radius 2 is 2.00 bits per heavy atom. The lowest BCUT2D eigenvalue weighted by molar-refractivity contribution is 0.280. The van der Waals surface area contributed by atoms with E-state index >= 15 is 0 Å². The third-order valence-electron chi connectivity index (χ3n) is 2.70. The number of nitrogens with zero attached hydrogens (tertiary/aromatic N) is 2. The quantitative estimate of drug-likeness (QED) is 0.730. The molecule has 1 unspecified atom stereocenters. The molecule has 0 aliphatic heterocycles. The van der Waals surface area contributed by atoms with Crippen molar-refractivity contribution in [1.29, 1.82) is 5.41 Å². The predicted octanol–water partition coefficient (Wildman–Crippen LogP) is 2.30. The number of nitrogens with one attached hydrogen (secondary N) is 1. The van der Waals surface area contributed by atoms with Crippen LogP contribution < -0.4 is 0 Å². The third-order valence-corrected chi connectivity index (χ3v) is 2.70. The molecule has 0 radical (unpaired) electrons. The lowest BCUT2D eigenvalue weighted by Crippen LogP contribution is -2.30. The molecule has 0 saturated heterocycles. The van der Waals surface area contributed by atoms with Crippen LogP contribution in [-0.4, -0.2) is 37.6 Å². The predicted molar refractivity (Wildman–Crippen MR) is 67.3 cm³/mol. The van der Waals surface area contributed by atoms with E-state index in [0.29, 0.717) is 12.6 Å². The van der Waals surface area contributed by atoms with E-state index in [1.54, 1.807) is 0 Å². The van der Waals surface area contributed by atoms with Gasteiger partial charge in [0.15, 0.2) is 0 Å². The summed E-state index contributed by atoms with van der Waals surface area (Å²) in [6.45, 7) is 0.680. The summed E-state index contributed by atoms with van der Waals surface area (Å²) < 4.78 is 0. The van der Waals surface area contributed by atoms with Crippen molar-refractivity contribution in [2.45, 2.75) is 18.9 Å². The highest BCUT2D eigenvalue weighted by Gasteiger charge is 2.11. The molecule has 0 saturated carbocycles. The summed E-state index contributed by atoms with van der Waals surface area (Å²) in [4.78, 5) is 6.04. The Morgan fingerprint density at radius 1 is 1.31 bits per heavy atom. The van der Waals surface area contributed by atoms with Gasteiger partial charge in [0.25, 0.3) is 0 Å². The van der Waals surface area contributed by atoms with Gasteiger partial charge in [-0.3, -0.25) is 0 Å². The Balaban J connectivity index is 2.54. The molecular weight excluding hydrogens is 198 g/mol. The molecule has 3 heteroatoms. The van der Waals surface area contributed by atoms with Crippen molar-refractivity contribution in [2.24, 2.45) is 4.99 Å². The van der Waals surface area contributed by atoms with Crippen LogP contribution in [0.5, 0.6) is 0 Å². The number of likely N-dealkylation sites (N-methyl/N-ethyl adjacent to an activating group) is 1. The summed E-state index contributed by atoms with van der Waals surface area (Å²) in [6, 6.07) is 13.0. The molecule has 1 N–H and O–H groups in total. The highest BCUT2D eigenvalue weighted by atomic mass is 15.1. The molecule has 0 aliphatic rings. The monoisotopic (exact) mass is 217 g/mol. The minimum atomic E-state index is 0.472. The Labute approximate surface area is 97.3 Å². The topological polar surface area (TPSA) is 39.5 Å². The molecule has 0 bridgehead atoms. The fourth-order valence-electron chi connectivity index (χ4n) is 1.70. The molecule has 3 nitrogen and oxygen atoms in total. The van der Waals surface area contributed by atoms with E-state index in [1.165, 1.54) is 5.56 Å². The van der Waals surface area contributed by atoms with Gasteiger partial charge in [-0.05, 0) is 32.5 Å². The number of hydrogen-bond donors (Lipinski definition) is 1. The van der Waals surface area contributed by atoms with Crippen LogP contribution in [0, 0.1) is 5.41 Å². The van der Waals surface area contributed by atoms with Gasteiger partial charge >= 0.3 is 0 Å². The molecule has 1 atom stereocenters. The van der Waals surface area contributed by atoms with Crippen LogP contribution in [0.25, 0.3) is 0 Å². The maximum Gasteiger partial charge on any atom is 0.0861 e. The van der Waals surface area contributed by atoms with Gasteiger partial charge < -0.3 is 4.90 Å². The second-order valence-corrected chi connectivity index (χ2v) is 4.09. The second kappa shape index (κ2) is 6.94. The van der Waals surface area contributed by atoms with E-state index in [2.05, 4.69) is 54.3 Å². The Kier molecular flexibility index (Phi) is 5.48. The van der Waals surface area contributed by atoms with Gasteiger partial charge in [0.2, 0.25) is 0 Å². The van der Waals surface area contributed by atoms with E-state index < -0.39 is 0 Å². The molecule has 0 amide bonds. The average molecular weight is 217 g/mol. The van der Waals surface area contributed by atoms with E-state index in [-0.39, 0.29) is 0 Å². The van der Waals surface area contributed by atoms with Gasteiger partial charge in [0.1, 0.15) is 0 Å². The number of aliphatic imine (C=N–C) groups is 1. The molecule has 0 spiro atoms. The summed E-state index contributed by atoms with van der Waals surface area (Å²) in [7, 11) is 4.17. The lowest BCUT2D eigenvalue weighted by Gasteiger charge is -2.23. The van der Waals surface area contributed by atoms with Crippen molar-refractivity contribution in [2.75, 3.05) is 20.6 Å². The Hall–Kier alpha value is -1.44. The normalized spacial score (nSPS) is 12.2. The lowest BCUT2D eigenvalue weighted by atomic mass is 10.0. The van der Waals surface area contributed by atoms with Crippen LogP contribution in [0.1, 0.15) is 12.0 Å². The third kappa shape index (κ3) is 4.39. The largest absolute Gasteiger partial charge is 0.306 e. The van der Waals surface area contributed by atoms with Crippen molar-refractivity contribution in [3.05, 3.63) is 35.9 Å². The SMILES string of the molecule is CN(C)C(CCN=C=N)Cc1ccccc1. The highest BCUT2D eigenvalue weighted by molar-refractivity contribution is 5.35. The minimum absolute atomic E-state index is 0.472. The minimum Gasteiger partial charge on any atom is -0.306 e. The van der Waals surface area contributed by atoms with Crippen LogP contribution in [0.2, 0.25) is 0 Å². The fourth-order valence-corrected chi connectivity index (χ4v) is 1.70. The molecule has 1 aromatic rings. The highest BCUT2D eigenvalue weighted by Crippen LogP contribution is 2.09. The van der Waals surface area contributed by atoms with Crippen molar-refractivity contribution in [3.8, 4) is 0 Å². The van der Waals surface area contributed by atoms with Crippen LogP contribution >= 0.6 is 0 Å². The van der Waals surface area contributed by atoms with Gasteiger partial charge in [0, 0.05) is 6.04 Å². The zero-order chi connectivity index (χ0) is 11.8. The van der Waals surface area contributed by atoms with Crippen molar-refractivity contribution < 1.29 is 0 Å². The average Bonchev–Trinajstić information content (AvgIpc) is 2.29. The van der Waals surface area contributed by atoms with Crippen LogP contribution in [-0.2, 0) is 6.42 Å². The first-order valence-electron chi connectivity index (χ1n) is 5.52. The van der Waals surface area contributed by atoms with Crippen molar-refractivity contribution >= 4 is 6.01 Å². The van der Waals surface area contributed by atoms with Gasteiger partial charge in [-0.2, -0.15) is 0 Å². The first-order chi connectivity index (χ1) is 7.74. The molecule has 0 aliphatic carbocycles. The standard InChI is InChI=1S/C13H19N3/c1-16(2)13(8-9-15-11-14)10-12-6-4-3-5-7-12/h3-7,13-14H,8-10H2,1-2H3. The summed E-state index contributed by atoms with van der Waals surface area (Å²) in [5.74, 6) is 0. The Morgan fingerprint density at radius 3 is 2.56 bits per heavy atom. The first-order valence-corrected chi connectivity index (χ1v) is 5.52. The van der Waals surface area contributed by atoms with Crippen LogP contribution in [0.15, 0.2) is 35.3 Å². The molecule has 0 heterocycles. The summed E-state index contributed by atoms with van der Waals surface area (Å²) >= 11 is 0. The summed E-state index contributed by atoms with van der Waals surface area (Å²) in [6.07, 6.45) is 2.00. The first kappa shape index (κ1) is 12.6. The molecule has 16 heavy (non-hydrogen) atoms. The van der Waals surface area contributed by atoms with E-state index in [1.807, 2.05) is 6.07 Å². The fraction of sp³-hybridized carbons (Fsp3) is 0.462. The zero-order valence-corrected chi connectivity index (χ0v) is 9.98. The summed E-state index contributed by atoms with van der Waals surface area (Å²) in [5, 5.41) is 6.75. The summed E-state index contributed by atoms with van der Waals surface area (Å²) in [5.41, 5.74) is 1.35. The van der Waals surface area contributed by atoms with Crippen molar-refractivity contribution in [1.82, 2.24) is 4.90 Å². The van der Waals surface area contributed by atoms with Crippen LogP contribution in [0.4, 0.5) is 0 Å².